The Morgan fingerprint density at radius 2 is 1.87 bits per heavy atom. The number of hydroxylamine groups is 2. The number of carbonyl (C=O) groups is 1. The van der Waals surface area contributed by atoms with E-state index in [9.17, 15) is 13.2 Å². The van der Waals surface area contributed by atoms with Crippen LogP contribution in [0.2, 0.25) is 0 Å². The third-order valence-electron chi connectivity index (χ3n) is 4.36. The number of hydrogen-bond acceptors (Lipinski definition) is 4. The fourth-order valence-electron chi connectivity index (χ4n) is 3.08. The molecule has 1 amide bonds. The van der Waals surface area contributed by atoms with Crippen LogP contribution in [-0.2, 0) is 19.7 Å². The van der Waals surface area contributed by atoms with Crippen LogP contribution in [0.1, 0.15) is 25.7 Å². The van der Waals surface area contributed by atoms with Gasteiger partial charge in [0.1, 0.15) is 0 Å². The van der Waals surface area contributed by atoms with E-state index in [1.165, 1.54) is 9.37 Å². The van der Waals surface area contributed by atoms with Crippen molar-refractivity contribution in [1.29, 1.82) is 0 Å². The van der Waals surface area contributed by atoms with Crippen molar-refractivity contribution in [3.63, 3.8) is 0 Å². The monoisotopic (exact) mass is 338 g/mol. The van der Waals surface area contributed by atoms with Crippen molar-refractivity contribution in [3.05, 3.63) is 30.3 Å². The van der Waals surface area contributed by atoms with E-state index < -0.39 is 10.0 Å². The average Bonchev–Trinajstić information content (AvgIpc) is 2.62. The Kier molecular flexibility index (Phi) is 4.99. The second-order valence-electron chi connectivity index (χ2n) is 6.00. The zero-order valence-electron chi connectivity index (χ0n) is 13.1. The Labute approximate surface area is 137 Å². The van der Waals surface area contributed by atoms with Crippen molar-refractivity contribution >= 4 is 15.9 Å². The number of amides is 1. The third-order valence-corrected chi connectivity index (χ3v) is 6.24. The lowest BCUT2D eigenvalue weighted by Crippen LogP contribution is -2.47. The molecule has 2 aliphatic rings. The molecule has 3 rings (SSSR count). The summed E-state index contributed by atoms with van der Waals surface area (Å²) in [7, 11) is -3.54. The molecule has 1 aromatic carbocycles. The highest BCUT2D eigenvalue weighted by atomic mass is 32.2. The van der Waals surface area contributed by atoms with E-state index in [1.807, 2.05) is 0 Å². The quantitative estimate of drug-likeness (QED) is 0.840. The molecule has 0 aromatic heterocycles. The molecule has 2 saturated heterocycles. The summed E-state index contributed by atoms with van der Waals surface area (Å²) in [5, 5.41) is 1.42. The third kappa shape index (κ3) is 3.57. The van der Waals surface area contributed by atoms with Crippen LogP contribution in [0.4, 0.5) is 0 Å². The van der Waals surface area contributed by atoms with Crippen LogP contribution in [0, 0.1) is 5.92 Å². The lowest BCUT2D eigenvalue weighted by Gasteiger charge is -2.35. The van der Waals surface area contributed by atoms with Gasteiger partial charge in [-0.25, -0.2) is 13.5 Å². The molecule has 0 aliphatic carbocycles. The van der Waals surface area contributed by atoms with Gasteiger partial charge in [-0.1, -0.05) is 18.2 Å². The van der Waals surface area contributed by atoms with E-state index in [0.717, 1.165) is 12.8 Å². The Morgan fingerprint density at radius 3 is 2.57 bits per heavy atom. The average molecular weight is 338 g/mol. The minimum atomic E-state index is -3.54. The van der Waals surface area contributed by atoms with E-state index in [2.05, 4.69) is 0 Å². The zero-order valence-corrected chi connectivity index (χ0v) is 13.9. The van der Waals surface area contributed by atoms with Crippen molar-refractivity contribution in [2.45, 2.75) is 30.6 Å². The molecule has 2 aliphatic heterocycles. The van der Waals surface area contributed by atoms with Crippen molar-refractivity contribution < 1.29 is 18.0 Å². The molecule has 0 saturated carbocycles. The van der Waals surface area contributed by atoms with Crippen LogP contribution in [0.3, 0.4) is 0 Å². The van der Waals surface area contributed by atoms with Crippen LogP contribution >= 0.6 is 0 Å². The number of benzene rings is 1. The molecule has 23 heavy (non-hydrogen) atoms. The van der Waals surface area contributed by atoms with E-state index >= 15 is 0 Å². The summed E-state index contributed by atoms with van der Waals surface area (Å²) in [6.07, 6.45) is 3.29. The van der Waals surface area contributed by atoms with Gasteiger partial charge >= 0.3 is 0 Å². The molecule has 6 nitrogen and oxygen atoms in total. The maximum Gasteiger partial charge on any atom is 0.250 e. The Morgan fingerprint density at radius 1 is 1.09 bits per heavy atom. The highest BCUT2D eigenvalue weighted by Gasteiger charge is 2.35. The SMILES string of the molecule is O=C(C1CCCN(S(=O)(=O)c2ccccc2)C1)N1CCCCO1. The second-order valence-corrected chi connectivity index (χ2v) is 7.93. The van der Waals surface area contributed by atoms with E-state index in [0.29, 0.717) is 32.5 Å². The van der Waals surface area contributed by atoms with Crippen molar-refractivity contribution in [2.75, 3.05) is 26.2 Å². The van der Waals surface area contributed by atoms with Crippen LogP contribution < -0.4 is 0 Å². The molecule has 0 spiro atoms. The molecule has 0 bridgehead atoms. The van der Waals surface area contributed by atoms with Gasteiger partial charge in [-0.2, -0.15) is 4.31 Å². The summed E-state index contributed by atoms with van der Waals surface area (Å²) in [4.78, 5) is 18.2. The first-order valence-electron chi connectivity index (χ1n) is 8.08. The second kappa shape index (κ2) is 6.98. The minimum Gasteiger partial charge on any atom is -0.272 e. The Hall–Kier alpha value is -1.44. The fraction of sp³-hybridized carbons (Fsp3) is 0.562. The number of nitrogens with zero attached hydrogens (tertiary/aromatic N) is 2. The van der Waals surface area contributed by atoms with E-state index in [-0.39, 0.29) is 23.3 Å². The zero-order chi connectivity index (χ0) is 16.3. The summed E-state index contributed by atoms with van der Waals surface area (Å²) in [5.41, 5.74) is 0. The summed E-state index contributed by atoms with van der Waals surface area (Å²) in [6, 6.07) is 8.39. The van der Waals surface area contributed by atoms with Gasteiger partial charge in [0.15, 0.2) is 0 Å². The van der Waals surface area contributed by atoms with Gasteiger partial charge in [-0.3, -0.25) is 9.63 Å². The van der Waals surface area contributed by atoms with E-state index in [1.54, 1.807) is 30.3 Å². The highest BCUT2D eigenvalue weighted by Crippen LogP contribution is 2.25. The number of hydrogen-bond donors (Lipinski definition) is 0. The first kappa shape index (κ1) is 16.4. The van der Waals surface area contributed by atoms with Gasteiger partial charge in [0.2, 0.25) is 10.0 Å². The normalized spacial score (nSPS) is 23.7. The van der Waals surface area contributed by atoms with Crippen LogP contribution in [0.15, 0.2) is 35.2 Å². The van der Waals surface area contributed by atoms with Crippen LogP contribution in [-0.4, -0.2) is 49.9 Å². The number of piperidine rings is 1. The van der Waals surface area contributed by atoms with E-state index in [4.69, 9.17) is 4.84 Å². The van der Waals surface area contributed by atoms with Gasteiger partial charge in [-0.05, 0) is 37.8 Å². The summed E-state index contributed by atoms with van der Waals surface area (Å²) in [5.74, 6) is -0.405. The van der Waals surface area contributed by atoms with Crippen LogP contribution in [0.25, 0.3) is 0 Å². The van der Waals surface area contributed by atoms with Gasteiger partial charge in [0.05, 0.1) is 17.4 Å². The standard InChI is InChI=1S/C16H22N2O4S/c19-16(18-11-4-5-12-22-18)14-7-6-10-17(13-14)23(20,21)15-8-2-1-3-9-15/h1-3,8-9,14H,4-7,10-13H2. The molecule has 2 fully saturated rings. The van der Waals surface area contributed by atoms with Gasteiger partial charge in [0, 0.05) is 19.6 Å². The predicted molar refractivity (Wildman–Crippen MR) is 84.8 cm³/mol. The number of carbonyl (C=O) groups excluding carboxylic acids is 1. The molecule has 126 valence electrons. The van der Waals surface area contributed by atoms with Gasteiger partial charge in [-0.15, -0.1) is 0 Å². The lowest BCUT2D eigenvalue weighted by molar-refractivity contribution is -0.202. The topological polar surface area (TPSA) is 66.9 Å². The predicted octanol–water partition coefficient (Wildman–Crippen LogP) is 1.64. The number of rotatable bonds is 3. The smallest absolute Gasteiger partial charge is 0.250 e. The first-order chi connectivity index (χ1) is 11.1. The fourth-order valence-corrected chi connectivity index (χ4v) is 4.62. The van der Waals surface area contributed by atoms with Crippen LogP contribution in [0.5, 0.6) is 0 Å². The maximum absolute atomic E-state index is 12.7. The molecule has 0 radical (unpaired) electrons. The summed E-state index contributed by atoms with van der Waals surface area (Å²) >= 11 is 0. The van der Waals surface area contributed by atoms with Gasteiger partial charge in [0.25, 0.3) is 5.91 Å². The highest BCUT2D eigenvalue weighted by molar-refractivity contribution is 7.89. The molecular weight excluding hydrogens is 316 g/mol. The van der Waals surface area contributed by atoms with Crippen molar-refractivity contribution in [2.24, 2.45) is 5.92 Å². The molecule has 0 N–H and O–H groups in total. The molecule has 1 unspecified atom stereocenters. The molecule has 2 heterocycles. The molecule has 1 aromatic rings. The molecular formula is C16H22N2O4S. The molecule has 7 heteroatoms. The van der Waals surface area contributed by atoms with Gasteiger partial charge < -0.3 is 0 Å². The molecule has 1 atom stereocenters. The maximum atomic E-state index is 12.7. The lowest BCUT2D eigenvalue weighted by atomic mass is 9.98. The summed E-state index contributed by atoms with van der Waals surface area (Å²) in [6.45, 7) is 1.85. The van der Waals surface area contributed by atoms with Crippen molar-refractivity contribution in [3.8, 4) is 0 Å². The number of sulfonamides is 1. The first-order valence-corrected chi connectivity index (χ1v) is 9.52. The Bertz CT molecular complexity index is 641. The Balaban J connectivity index is 1.72. The van der Waals surface area contributed by atoms with Crippen molar-refractivity contribution in [1.82, 2.24) is 9.37 Å². The largest absolute Gasteiger partial charge is 0.272 e. The minimum absolute atomic E-state index is 0.0855. The summed E-state index contributed by atoms with van der Waals surface area (Å²) < 4.78 is 26.8.